The van der Waals surface area contributed by atoms with Gasteiger partial charge in [0.2, 0.25) is 5.91 Å². The summed E-state index contributed by atoms with van der Waals surface area (Å²) in [5.41, 5.74) is 0. The van der Waals surface area contributed by atoms with E-state index in [4.69, 9.17) is 5.11 Å². The number of hydrogen-bond acceptors (Lipinski definition) is 2. The van der Waals surface area contributed by atoms with E-state index in [0.717, 1.165) is 12.8 Å². The topological polar surface area (TPSA) is 66.4 Å². The fourth-order valence-corrected chi connectivity index (χ4v) is 3.03. The molecule has 0 unspecified atom stereocenters. The fraction of sp³-hybridized carbons (Fsp3) is 0.905. The van der Waals surface area contributed by atoms with E-state index in [9.17, 15) is 9.59 Å². The molecule has 0 aromatic carbocycles. The third-order valence-electron chi connectivity index (χ3n) is 4.76. The molecule has 0 aromatic rings. The van der Waals surface area contributed by atoms with Crippen molar-refractivity contribution in [2.75, 3.05) is 0 Å². The van der Waals surface area contributed by atoms with Gasteiger partial charge in [-0.1, -0.05) is 96.8 Å². The van der Waals surface area contributed by atoms with Crippen molar-refractivity contribution in [3.05, 3.63) is 0 Å². The van der Waals surface area contributed by atoms with Crippen LogP contribution in [0.1, 0.15) is 117 Å². The Labute approximate surface area is 204 Å². The second-order valence-corrected chi connectivity index (χ2v) is 7.33. The summed E-state index contributed by atoms with van der Waals surface area (Å²) >= 11 is 0. The van der Waals surface area contributed by atoms with Crippen molar-refractivity contribution in [1.82, 2.24) is 5.32 Å². The summed E-state index contributed by atoms with van der Waals surface area (Å²) in [6, 6.07) is -0.788. The zero-order chi connectivity index (χ0) is 18.8. The first kappa shape index (κ1) is 28.8. The molecule has 0 saturated heterocycles. The van der Waals surface area contributed by atoms with Crippen LogP contribution >= 0.6 is 0 Å². The van der Waals surface area contributed by atoms with Gasteiger partial charge >= 0.3 is 57.4 Å². The van der Waals surface area contributed by atoms with E-state index in [1.54, 1.807) is 0 Å². The normalized spacial score (nSPS) is 11.6. The van der Waals surface area contributed by atoms with E-state index >= 15 is 0 Å². The number of carbonyl (C=O) groups excluding carboxylic acids is 1. The van der Waals surface area contributed by atoms with Crippen LogP contribution in [-0.2, 0) is 9.59 Å². The first-order valence-corrected chi connectivity index (χ1v) is 10.6. The molecular formula is C21H42KNO3. The molecule has 0 aliphatic rings. The molecule has 0 bridgehead atoms. The molecule has 0 aromatic heterocycles. The van der Waals surface area contributed by atoms with Crippen LogP contribution in [0, 0.1) is 0 Å². The monoisotopic (exact) mass is 395 g/mol. The number of amides is 1. The van der Waals surface area contributed by atoms with Gasteiger partial charge in [-0.2, -0.15) is 0 Å². The quantitative estimate of drug-likeness (QED) is 0.248. The van der Waals surface area contributed by atoms with Crippen molar-refractivity contribution in [3.63, 3.8) is 0 Å². The van der Waals surface area contributed by atoms with Gasteiger partial charge in [0.1, 0.15) is 6.04 Å². The zero-order valence-corrected chi connectivity index (χ0v) is 16.7. The molecule has 150 valence electrons. The molecule has 0 heterocycles. The average molecular weight is 396 g/mol. The Morgan fingerprint density at radius 2 is 1.08 bits per heavy atom. The molecule has 0 aliphatic heterocycles. The van der Waals surface area contributed by atoms with Crippen molar-refractivity contribution < 1.29 is 14.7 Å². The second kappa shape index (κ2) is 21.9. The average Bonchev–Trinajstić information content (AvgIpc) is 2.58. The van der Waals surface area contributed by atoms with Crippen LogP contribution in [0.5, 0.6) is 0 Å². The Morgan fingerprint density at radius 3 is 1.42 bits per heavy atom. The Hall–Kier alpha value is 0.576. The Morgan fingerprint density at radius 1 is 0.731 bits per heavy atom. The minimum absolute atomic E-state index is 0. The van der Waals surface area contributed by atoms with E-state index < -0.39 is 12.0 Å². The molecule has 4 nitrogen and oxygen atoms in total. The molecule has 0 saturated carbocycles. The van der Waals surface area contributed by atoms with Crippen molar-refractivity contribution in [2.45, 2.75) is 123 Å². The minimum atomic E-state index is -0.982. The van der Waals surface area contributed by atoms with Gasteiger partial charge in [0.05, 0.1) is 0 Å². The summed E-state index contributed by atoms with van der Waals surface area (Å²) in [7, 11) is 0. The van der Waals surface area contributed by atoms with Crippen LogP contribution in [0.25, 0.3) is 0 Å². The standard InChI is InChI=1S/C21H41NO3.K.H/c1-3-4-5-6-7-8-9-10-11-12-13-14-15-16-17-18-20(23)22-19(2)21(24)25;;/h19H,3-18H2,1-2H3,(H,22,23)(H,24,25);;/t19-;;/m0../s1. The predicted molar refractivity (Wildman–Crippen MR) is 112 cm³/mol. The molecule has 0 radical (unpaired) electrons. The van der Waals surface area contributed by atoms with E-state index in [2.05, 4.69) is 12.2 Å². The summed E-state index contributed by atoms with van der Waals surface area (Å²) in [5.74, 6) is -1.13. The van der Waals surface area contributed by atoms with Gasteiger partial charge in [0.25, 0.3) is 0 Å². The first-order valence-electron chi connectivity index (χ1n) is 10.6. The van der Waals surface area contributed by atoms with Crippen molar-refractivity contribution in [3.8, 4) is 0 Å². The number of nitrogens with one attached hydrogen (secondary N) is 1. The number of carbonyl (C=O) groups is 2. The van der Waals surface area contributed by atoms with E-state index in [0.29, 0.717) is 6.42 Å². The van der Waals surface area contributed by atoms with Gasteiger partial charge < -0.3 is 10.4 Å². The molecular weight excluding hydrogens is 353 g/mol. The Kier molecular flexibility index (Phi) is 24.2. The second-order valence-electron chi connectivity index (χ2n) is 7.33. The maximum absolute atomic E-state index is 11.5. The Bertz CT molecular complexity index is 337. The summed E-state index contributed by atoms with van der Waals surface area (Å²) < 4.78 is 0. The fourth-order valence-electron chi connectivity index (χ4n) is 3.03. The van der Waals surface area contributed by atoms with Crippen LogP contribution < -0.4 is 5.32 Å². The van der Waals surface area contributed by atoms with Gasteiger partial charge in [-0.25, -0.2) is 0 Å². The SMILES string of the molecule is CCCCCCCCCCCCCCCCCC(=O)N[C@@H](C)C(=O)O.[KH]. The number of hydrogen-bond donors (Lipinski definition) is 2. The van der Waals surface area contributed by atoms with Crippen LogP contribution in [0.4, 0.5) is 0 Å². The van der Waals surface area contributed by atoms with E-state index in [-0.39, 0.29) is 57.3 Å². The molecule has 26 heavy (non-hydrogen) atoms. The van der Waals surface area contributed by atoms with Crippen LogP contribution in [0.2, 0.25) is 0 Å². The summed E-state index contributed by atoms with van der Waals surface area (Å²) in [6.07, 6.45) is 20.0. The van der Waals surface area contributed by atoms with Gasteiger partial charge in [-0.05, 0) is 13.3 Å². The van der Waals surface area contributed by atoms with Crippen LogP contribution in [0.3, 0.4) is 0 Å². The number of aliphatic carboxylic acids is 1. The molecule has 1 amide bonds. The number of carboxylic acid groups (broad SMARTS) is 1. The molecule has 0 aliphatic carbocycles. The van der Waals surface area contributed by atoms with Gasteiger partial charge in [0.15, 0.2) is 0 Å². The predicted octanol–water partition coefficient (Wildman–Crippen LogP) is 5.19. The van der Waals surface area contributed by atoms with Crippen LogP contribution in [-0.4, -0.2) is 74.4 Å². The molecule has 2 N–H and O–H groups in total. The summed E-state index contributed by atoms with van der Waals surface area (Å²) in [6.45, 7) is 3.76. The van der Waals surface area contributed by atoms with Crippen molar-refractivity contribution in [2.24, 2.45) is 0 Å². The van der Waals surface area contributed by atoms with Gasteiger partial charge in [-0.3, -0.25) is 9.59 Å². The number of unbranched alkanes of at least 4 members (excludes halogenated alkanes) is 14. The zero-order valence-electron chi connectivity index (χ0n) is 16.7. The Balaban J connectivity index is 0. The first-order chi connectivity index (χ1) is 12.1. The molecule has 0 spiro atoms. The van der Waals surface area contributed by atoms with Gasteiger partial charge in [-0.15, -0.1) is 0 Å². The van der Waals surface area contributed by atoms with Crippen molar-refractivity contribution in [1.29, 1.82) is 0 Å². The third-order valence-corrected chi connectivity index (χ3v) is 4.76. The molecule has 0 rings (SSSR count). The maximum atomic E-state index is 11.5. The van der Waals surface area contributed by atoms with E-state index in [1.807, 2.05) is 0 Å². The molecule has 0 fully saturated rings. The molecule has 5 heteroatoms. The van der Waals surface area contributed by atoms with Crippen LogP contribution in [0.15, 0.2) is 0 Å². The number of carboxylic acids is 1. The summed E-state index contributed by atoms with van der Waals surface area (Å²) in [4.78, 5) is 22.2. The summed E-state index contributed by atoms with van der Waals surface area (Å²) in [5, 5.41) is 11.2. The van der Waals surface area contributed by atoms with E-state index in [1.165, 1.54) is 90.4 Å². The number of rotatable bonds is 18. The third kappa shape index (κ3) is 20.9. The molecule has 1 atom stereocenters. The van der Waals surface area contributed by atoms with Crippen molar-refractivity contribution >= 4 is 63.3 Å². The van der Waals surface area contributed by atoms with Gasteiger partial charge in [0, 0.05) is 6.42 Å².